The molecule has 0 saturated carbocycles. The summed E-state index contributed by atoms with van der Waals surface area (Å²) in [5.74, 6) is 0. The van der Waals surface area contributed by atoms with Crippen LogP contribution in [0.15, 0.2) is 0 Å². The number of hydrogen-bond donors (Lipinski definition) is 3. The largest absolute Gasteiger partial charge is 0.396 e. The molecule has 1 rings (SSSR count). The van der Waals surface area contributed by atoms with Crippen molar-refractivity contribution in [2.24, 2.45) is 0 Å². The molecule has 0 bridgehead atoms. The van der Waals surface area contributed by atoms with E-state index in [4.69, 9.17) is 9.84 Å². The minimum Gasteiger partial charge on any atom is -0.396 e. The minimum atomic E-state index is -0.695. The Morgan fingerprint density at radius 2 is 2.29 bits per heavy atom. The lowest BCUT2D eigenvalue weighted by Gasteiger charge is -2.26. The number of aliphatic hydroxyl groups excluding tert-OH is 1. The van der Waals surface area contributed by atoms with E-state index in [2.05, 4.69) is 5.32 Å². The Morgan fingerprint density at radius 3 is 2.86 bits per heavy atom. The normalized spacial score (nSPS) is 32.4. The maximum absolute atomic E-state index is 10.1. The molecule has 3 N–H and O–H groups in total. The summed E-state index contributed by atoms with van der Waals surface area (Å²) in [7, 11) is 0. The summed E-state index contributed by atoms with van der Waals surface area (Å²) in [6, 6.07) is 0. The molecule has 1 aliphatic heterocycles. The fourth-order valence-electron chi connectivity index (χ4n) is 1.67. The van der Waals surface area contributed by atoms with Crippen molar-refractivity contribution >= 4 is 0 Å². The Labute approximate surface area is 85.3 Å². The lowest BCUT2D eigenvalue weighted by atomic mass is 9.97. The summed E-state index contributed by atoms with van der Waals surface area (Å²) in [4.78, 5) is 0. The van der Waals surface area contributed by atoms with Gasteiger partial charge in [0.15, 0.2) is 0 Å². The molecule has 0 radical (unpaired) electrons. The molecular formula is C10H21NO3. The van der Waals surface area contributed by atoms with E-state index in [1.807, 2.05) is 6.92 Å². The number of ether oxygens (including phenoxy) is 1. The van der Waals surface area contributed by atoms with Crippen LogP contribution in [-0.4, -0.2) is 48.2 Å². The molecule has 0 aromatic rings. The van der Waals surface area contributed by atoms with Crippen molar-refractivity contribution in [3.05, 3.63) is 0 Å². The fraction of sp³-hybridized carbons (Fsp3) is 1.00. The van der Waals surface area contributed by atoms with Crippen LogP contribution in [0, 0.1) is 0 Å². The first kappa shape index (κ1) is 11.9. The van der Waals surface area contributed by atoms with Crippen LogP contribution in [0.25, 0.3) is 0 Å². The summed E-state index contributed by atoms with van der Waals surface area (Å²) < 4.78 is 5.32. The van der Waals surface area contributed by atoms with Crippen molar-refractivity contribution in [1.29, 1.82) is 0 Å². The predicted molar refractivity (Wildman–Crippen MR) is 54.2 cm³/mol. The minimum absolute atomic E-state index is 0.0761. The zero-order chi connectivity index (χ0) is 10.4. The number of aliphatic hydroxyl groups is 2. The molecule has 0 aromatic heterocycles. The summed E-state index contributed by atoms with van der Waals surface area (Å²) in [5, 5.41) is 21.8. The first-order chi connectivity index (χ1) is 6.69. The average Bonchev–Trinajstić information content (AvgIpc) is 2.47. The van der Waals surface area contributed by atoms with Gasteiger partial charge < -0.3 is 20.3 Å². The topological polar surface area (TPSA) is 61.7 Å². The molecule has 1 heterocycles. The lowest BCUT2D eigenvalue weighted by Crippen LogP contribution is -2.46. The van der Waals surface area contributed by atoms with Gasteiger partial charge in [-0.05, 0) is 26.3 Å². The van der Waals surface area contributed by atoms with Crippen LogP contribution in [0.3, 0.4) is 0 Å². The third-order valence-electron chi connectivity index (χ3n) is 2.85. The second-order valence-corrected chi connectivity index (χ2v) is 3.97. The Balaban J connectivity index is 2.10. The maximum atomic E-state index is 10.1. The van der Waals surface area contributed by atoms with Gasteiger partial charge >= 0.3 is 0 Å². The molecule has 2 unspecified atom stereocenters. The standard InChI is InChI=1S/C10H21NO3/c1-9-10(13,4-7-14-9)8-11-5-2-3-6-12/h9,11-13H,2-8H2,1H3. The van der Waals surface area contributed by atoms with Crippen molar-refractivity contribution in [2.45, 2.75) is 37.9 Å². The molecule has 0 amide bonds. The monoisotopic (exact) mass is 203 g/mol. The number of unbranched alkanes of at least 4 members (excludes halogenated alkanes) is 1. The third-order valence-corrected chi connectivity index (χ3v) is 2.85. The predicted octanol–water partition coefficient (Wildman–Crippen LogP) is -0.112. The highest BCUT2D eigenvalue weighted by Crippen LogP contribution is 2.24. The van der Waals surface area contributed by atoms with Crippen molar-refractivity contribution in [3.63, 3.8) is 0 Å². The molecule has 1 saturated heterocycles. The summed E-state index contributed by atoms with van der Waals surface area (Å²) in [5.41, 5.74) is -0.695. The molecule has 0 aromatic carbocycles. The van der Waals surface area contributed by atoms with E-state index in [-0.39, 0.29) is 12.7 Å². The smallest absolute Gasteiger partial charge is 0.105 e. The van der Waals surface area contributed by atoms with Crippen LogP contribution in [0.4, 0.5) is 0 Å². The maximum Gasteiger partial charge on any atom is 0.105 e. The van der Waals surface area contributed by atoms with E-state index >= 15 is 0 Å². The quantitative estimate of drug-likeness (QED) is 0.527. The van der Waals surface area contributed by atoms with Gasteiger partial charge in [0.05, 0.1) is 6.10 Å². The van der Waals surface area contributed by atoms with Gasteiger partial charge in [0, 0.05) is 26.2 Å². The van der Waals surface area contributed by atoms with Gasteiger partial charge in [-0.25, -0.2) is 0 Å². The zero-order valence-corrected chi connectivity index (χ0v) is 8.83. The molecule has 0 aliphatic carbocycles. The zero-order valence-electron chi connectivity index (χ0n) is 8.83. The van der Waals surface area contributed by atoms with Gasteiger partial charge in [0.25, 0.3) is 0 Å². The molecule has 4 nitrogen and oxygen atoms in total. The van der Waals surface area contributed by atoms with Crippen LogP contribution in [-0.2, 0) is 4.74 Å². The highest BCUT2D eigenvalue weighted by Gasteiger charge is 2.38. The Kier molecular flexibility index (Phi) is 4.81. The van der Waals surface area contributed by atoms with E-state index < -0.39 is 5.60 Å². The summed E-state index contributed by atoms with van der Waals surface area (Å²) in [6.07, 6.45) is 2.40. The van der Waals surface area contributed by atoms with Gasteiger partial charge in [0.2, 0.25) is 0 Å². The van der Waals surface area contributed by atoms with Crippen LogP contribution >= 0.6 is 0 Å². The van der Waals surface area contributed by atoms with Crippen LogP contribution < -0.4 is 5.32 Å². The first-order valence-corrected chi connectivity index (χ1v) is 5.34. The Hall–Kier alpha value is -0.160. The molecule has 0 spiro atoms. The fourth-order valence-corrected chi connectivity index (χ4v) is 1.67. The Morgan fingerprint density at radius 1 is 1.50 bits per heavy atom. The average molecular weight is 203 g/mol. The molecule has 2 atom stereocenters. The van der Waals surface area contributed by atoms with Crippen LogP contribution in [0.2, 0.25) is 0 Å². The molecule has 1 fully saturated rings. The number of nitrogens with one attached hydrogen (secondary N) is 1. The van der Waals surface area contributed by atoms with Gasteiger partial charge in [-0.2, -0.15) is 0 Å². The number of rotatable bonds is 6. The molecule has 4 heteroatoms. The summed E-state index contributed by atoms with van der Waals surface area (Å²) in [6.45, 7) is 4.22. The van der Waals surface area contributed by atoms with Crippen molar-refractivity contribution in [3.8, 4) is 0 Å². The number of hydrogen-bond acceptors (Lipinski definition) is 4. The van der Waals surface area contributed by atoms with Gasteiger partial charge in [-0.1, -0.05) is 0 Å². The molecular weight excluding hydrogens is 182 g/mol. The lowest BCUT2D eigenvalue weighted by molar-refractivity contribution is -0.0260. The van der Waals surface area contributed by atoms with Gasteiger partial charge in [-0.15, -0.1) is 0 Å². The first-order valence-electron chi connectivity index (χ1n) is 5.34. The molecule has 84 valence electrons. The van der Waals surface area contributed by atoms with Gasteiger partial charge in [0.1, 0.15) is 5.60 Å². The van der Waals surface area contributed by atoms with E-state index in [1.54, 1.807) is 0 Å². The van der Waals surface area contributed by atoms with E-state index in [9.17, 15) is 5.11 Å². The second kappa shape index (κ2) is 5.66. The molecule has 14 heavy (non-hydrogen) atoms. The SMILES string of the molecule is CC1OCCC1(O)CNCCCCO. The Bertz CT molecular complexity index is 165. The van der Waals surface area contributed by atoms with Crippen molar-refractivity contribution < 1.29 is 14.9 Å². The van der Waals surface area contributed by atoms with Crippen LogP contribution in [0.1, 0.15) is 26.2 Å². The van der Waals surface area contributed by atoms with Crippen molar-refractivity contribution in [1.82, 2.24) is 5.32 Å². The van der Waals surface area contributed by atoms with Crippen molar-refractivity contribution in [2.75, 3.05) is 26.3 Å². The highest BCUT2D eigenvalue weighted by atomic mass is 16.5. The highest BCUT2D eigenvalue weighted by molar-refractivity contribution is 4.91. The second-order valence-electron chi connectivity index (χ2n) is 3.97. The third kappa shape index (κ3) is 3.20. The van der Waals surface area contributed by atoms with E-state index in [0.717, 1.165) is 19.4 Å². The summed E-state index contributed by atoms with van der Waals surface area (Å²) >= 11 is 0. The van der Waals surface area contributed by atoms with E-state index in [0.29, 0.717) is 19.6 Å². The van der Waals surface area contributed by atoms with Crippen LogP contribution in [0.5, 0.6) is 0 Å². The molecule has 1 aliphatic rings. The van der Waals surface area contributed by atoms with E-state index in [1.165, 1.54) is 0 Å². The van der Waals surface area contributed by atoms with Gasteiger partial charge in [-0.3, -0.25) is 0 Å².